The average molecular weight is 251 g/mol. The molecule has 0 radical (unpaired) electrons. The van der Waals surface area contributed by atoms with Crippen molar-refractivity contribution in [3.05, 3.63) is 35.9 Å². The summed E-state index contributed by atoms with van der Waals surface area (Å²) in [7, 11) is 4.09. The predicted molar refractivity (Wildman–Crippen MR) is 77.1 cm³/mol. The van der Waals surface area contributed by atoms with Crippen molar-refractivity contribution in [1.82, 2.24) is 15.5 Å². The molecule has 1 rings (SSSR count). The fourth-order valence-corrected chi connectivity index (χ4v) is 1.74. The Hall–Kier alpha value is -1.13. The molecule has 94 valence electrons. The Morgan fingerprint density at radius 2 is 1.94 bits per heavy atom. The lowest BCUT2D eigenvalue weighted by Gasteiger charge is -2.18. The van der Waals surface area contributed by atoms with Gasteiger partial charge in [-0.15, -0.1) is 0 Å². The van der Waals surface area contributed by atoms with E-state index in [1.54, 1.807) is 0 Å². The Kier molecular flexibility index (Phi) is 5.94. The van der Waals surface area contributed by atoms with Gasteiger partial charge >= 0.3 is 0 Å². The van der Waals surface area contributed by atoms with Crippen molar-refractivity contribution in [3.8, 4) is 0 Å². The van der Waals surface area contributed by atoms with Gasteiger partial charge < -0.3 is 15.5 Å². The highest BCUT2D eigenvalue weighted by molar-refractivity contribution is 7.80. The van der Waals surface area contributed by atoms with Gasteiger partial charge in [-0.3, -0.25) is 0 Å². The first-order chi connectivity index (χ1) is 8.09. The highest BCUT2D eigenvalue weighted by Crippen LogP contribution is 2.10. The smallest absolute Gasteiger partial charge is 0.166 e. The molecule has 0 aliphatic carbocycles. The van der Waals surface area contributed by atoms with Gasteiger partial charge in [0, 0.05) is 13.1 Å². The number of nitrogens with one attached hydrogen (secondary N) is 2. The van der Waals surface area contributed by atoms with Gasteiger partial charge in [-0.25, -0.2) is 0 Å². The number of rotatable bonds is 5. The predicted octanol–water partition coefficient (Wildman–Crippen LogP) is 1.77. The maximum Gasteiger partial charge on any atom is 0.166 e. The summed E-state index contributed by atoms with van der Waals surface area (Å²) in [6.45, 7) is 3.94. The summed E-state index contributed by atoms with van der Waals surface area (Å²) in [5.74, 6) is 0. The van der Waals surface area contributed by atoms with Crippen LogP contribution in [0.1, 0.15) is 18.5 Å². The van der Waals surface area contributed by atoms with Crippen molar-refractivity contribution in [2.45, 2.75) is 13.0 Å². The molecule has 0 aromatic heterocycles. The van der Waals surface area contributed by atoms with Crippen molar-refractivity contribution < 1.29 is 0 Å². The summed E-state index contributed by atoms with van der Waals surface area (Å²) in [5, 5.41) is 7.18. The van der Waals surface area contributed by atoms with Crippen molar-refractivity contribution in [2.24, 2.45) is 0 Å². The second-order valence-electron chi connectivity index (χ2n) is 4.34. The highest BCUT2D eigenvalue weighted by atomic mass is 32.1. The quantitative estimate of drug-likeness (QED) is 0.780. The van der Waals surface area contributed by atoms with E-state index in [0.717, 1.165) is 13.1 Å². The van der Waals surface area contributed by atoms with Crippen molar-refractivity contribution in [3.63, 3.8) is 0 Å². The van der Waals surface area contributed by atoms with Crippen LogP contribution < -0.4 is 10.6 Å². The first kappa shape index (κ1) is 13.9. The first-order valence-corrected chi connectivity index (χ1v) is 6.24. The van der Waals surface area contributed by atoms with Crippen LogP contribution in [-0.4, -0.2) is 37.2 Å². The lowest BCUT2D eigenvalue weighted by Crippen LogP contribution is -2.39. The summed E-state index contributed by atoms with van der Waals surface area (Å²) in [6.07, 6.45) is 0. The van der Waals surface area contributed by atoms with Crippen molar-refractivity contribution >= 4 is 17.3 Å². The zero-order chi connectivity index (χ0) is 12.7. The molecule has 4 heteroatoms. The highest BCUT2D eigenvalue weighted by Gasteiger charge is 2.05. The molecule has 17 heavy (non-hydrogen) atoms. The Bertz CT molecular complexity index is 338. The lowest BCUT2D eigenvalue weighted by atomic mass is 10.1. The van der Waals surface area contributed by atoms with Gasteiger partial charge in [-0.05, 0) is 38.8 Å². The standard InChI is InChI=1S/C13H21N3S/c1-11(12-7-5-4-6-8-12)15-13(17)14-9-10-16(2)3/h4-8,11H,9-10H2,1-3H3,(H2,14,15,17)/t11-/m1/s1. The molecule has 0 spiro atoms. The number of nitrogens with zero attached hydrogens (tertiary/aromatic N) is 1. The normalized spacial score (nSPS) is 12.2. The monoisotopic (exact) mass is 251 g/mol. The number of benzene rings is 1. The van der Waals surface area contributed by atoms with Gasteiger partial charge in [0.15, 0.2) is 5.11 Å². The second-order valence-corrected chi connectivity index (χ2v) is 4.74. The Balaban J connectivity index is 2.31. The largest absolute Gasteiger partial charge is 0.361 e. The fourth-order valence-electron chi connectivity index (χ4n) is 1.47. The van der Waals surface area contributed by atoms with Gasteiger partial charge in [-0.1, -0.05) is 30.3 Å². The minimum Gasteiger partial charge on any atom is -0.361 e. The Labute approximate surface area is 109 Å². The second kappa shape index (κ2) is 7.25. The Morgan fingerprint density at radius 3 is 2.53 bits per heavy atom. The molecular formula is C13H21N3S. The maximum absolute atomic E-state index is 5.24. The zero-order valence-corrected chi connectivity index (χ0v) is 11.6. The summed E-state index contributed by atoms with van der Waals surface area (Å²) >= 11 is 5.24. The average Bonchev–Trinajstić information content (AvgIpc) is 2.29. The lowest BCUT2D eigenvalue weighted by molar-refractivity contribution is 0.412. The molecule has 0 bridgehead atoms. The molecule has 3 nitrogen and oxygen atoms in total. The van der Waals surface area contributed by atoms with Crippen molar-refractivity contribution in [2.75, 3.05) is 27.2 Å². The molecule has 0 saturated heterocycles. The third kappa shape index (κ3) is 5.65. The fraction of sp³-hybridized carbons (Fsp3) is 0.462. The molecule has 0 aliphatic rings. The van der Waals surface area contributed by atoms with E-state index in [1.165, 1.54) is 5.56 Å². The van der Waals surface area contributed by atoms with E-state index < -0.39 is 0 Å². The summed E-state index contributed by atoms with van der Waals surface area (Å²) < 4.78 is 0. The van der Waals surface area contributed by atoms with Crippen LogP contribution in [0.2, 0.25) is 0 Å². The van der Waals surface area contributed by atoms with Crippen molar-refractivity contribution in [1.29, 1.82) is 0 Å². The van der Waals surface area contributed by atoms with Crippen LogP contribution >= 0.6 is 12.2 Å². The van der Waals surface area contributed by atoms with Crippen LogP contribution in [0.25, 0.3) is 0 Å². The molecule has 1 aromatic carbocycles. The van der Waals surface area contributed by atoms with E-state index in [9.17, 15) is 0 Å². The topological polar surface area (TPSA) is 27.3 Å². The Morgan fingerprint density at radius 1 is 1.29 bits per heavy atom. The minimum atomic E-state index is 0.232. The van der Waals surface area contributed by atoms with Gasteiger partial charge in [0.25, 0.3) is 0 Å². The number of hydrogen-bond donors (Lipinski definition) is 2. The third-order valence-electron chi connectivity index (χ3n) is 2.49. The van der Waals surface area contributed by atoms with Crippen LogP contribution in [0.3, 0.4) is 0 Å². The molecule has 0 heterocycles. The van der Waals surface area contributed by atoms with E-state index in [4.69, 9.17) is 12.2 Å². The van der Waals surface area contributed by atoms with Crippen LogP contribution in [-0.2, 0) is 0 Å². The first-order valence-electron chi connectivity index (χ1n) is 5.83. The van der Waals surface area contributed by atoms with E-state index >= 15 is 0 Å². The molecule has 0 saturated carbocycles. The van der Waals surface area contributed by atoms with E-state index in [0.29, 0.717) is 5.11 Å². The molecule has 0 aliphatic heterocycles. The molecule has 0 amide bonds. The van der Waals surface area contributed by atoms with E-state index in [1.807, 2.05) is 32.3 Å². The molecule has 2 N–H and O–H groups in total. The molecule has 0 fully saturated rings. The van der Waals surface area contributed by atoms with Gasteiger partial charge in [0.2, 0.25) is 0 Å². The number of thiocarbonyl (C=S) groups is 1. The number of likely N-dealkylation sites (N-methyl/N-ethyl adjacent to an activating group) is 1. The van der Waals surface area contributed by atoms with Gasteiger partial charge in [0.1, 0.15) is 0 Å². The van der Waals surface area contributed by atoms with Crippen LogP contribution in [0.4, 0.5) is 0 Å². The third-order valence-corrected chi connectivity index (χ3v) is 2.75. The molecular weight excluding hydrogens is 230 g/mol. The van der Waals surface area contributed by atoms with Gasteiger partial charge in [-0.2, -0.15) is 0 Å². The summed E-state index contributed by atoms with van der Waals surface area (Å²) in [5.41, 5.74) is 1.24. The molecule has 1 atom stereocenters. The molecule has 1 aromatic rings. The van der Waals surface area contributed by atoms with E-state index in [2.05, 4.69) is 34.6 Å². The van der Waals surface area contributed by atoms with Crippen LogP contribution in [0.5, 0.6) is 0 Å². The minimum absolute atomic E-state index is 0.232. The summed E-state index contributed by atoms with van der Waals surface area (Å²) in [4.78, 5) is 2.12. The summed E-state index contributed by atoms with van der Waals surface area (Å²) in [6, 6.07) is 10.5. The number of hydrogen-bond acceptors (Lipinski definition) is 2. The van der Waals surface area contributed by atoms with Crippen LogP contribution in [0.15, 0.2) is 30.3 Å². The van der Waals surface area contributed by atoms with E-state index in [-0.39, 0.29) is 6.04 Å². The van der Waals surface area contributed by atoms with Gasteiger partial charge in [0.05, 0.1) is 6.04 Å². The SMILES string of the molecule is C[C@@H](NC(=S)NCCN(C)C)c1ccccc1. The zero-order valence-electron chi connectivity index (χ0n) is 10.7. The maximum atomic E-state index is 5.24. The molecule has 0 unspecified atom stereocenters. The van der Waals surface area contributed by atoms with Crippen LogP contribution in [0, 0.1) is 0 Å².